The predicted molar refractivity (Wildman–Crippen MR) is 123 cm³/mol. The van der Waals surface area contributed by atoms with Crippen LogP contribution in [0.2, 0.25) is 0 Å². The largest absolute Gasteiger partial charge is 0.392 e. The van der Waals surface area contributed by atoms with Crippen LogP contribution in [0, 0.1) is 23.7 Å². The van der Waals surface area contributed by atoms with Crippen molar-refractivity contribution < 1.29 is 15.0 Å². The van der Waals surface area contributed by atoms with Crippen molar-refractivity contribution in [2.75, 3.05) is 25.6 Å². The highest BCUT2D eigenvalue weighted by molar-refractivity contribution is 7.99. The van der Waals surface area contributed by atoms with Gasteiger partial charge in [-0.2, -0.15) is 11.8 Å². The second-order valence-corrected chi connectivity index (χ2v) is 10.4. The van der Waals surface area contributed by atoms with Gasteiger partial charge in [0, 0.05) is 37.9 Å². The average molecular weight is 424 g/mol. The molecule has 1 saturated carbocycles. The number of thioether (sulfide) groups is 1. The van der Waals surface area contributed by atoms with Crippen molar-refractivity contribution >= 4 is 17.7 Å². The van der Waals surface area contributed by atoms with Crippen molar-refractivity contribution in [3.8, 4) is 0 Å². The first kappa shape index (κ1) is 24.5. The molecule has 0 aromatic rings. The number of carbonyl (C=O) groups is 1. The van der Waals surface area contributed by atoms with Gasteiger partial charge in [0.2, 0.25) is 5.91 Å². The number of aliphatic hydroxyl groups is 2. The van der Waals surface area contributed by atoms with E-state index < -0.39 is 6.10 Å². The van der Waals surface area contributed by atoms with Gasteiger partial charge in [-0.3, -0.25) is 4.79 Å². The van der Waals surface area contributed by atoms with Crippen LogP contribution in [0.5, 0.6) is 0 Å². The molecule has 5 heteroatoms. The van der Waals surface area contributed by atoms with E-state index in [1.54, 1.807) is 19.0 Å². The van der Waals surface area contributed by atoms with Gasteiger partial charge in [-0.05, 0) is 37.0 Å². The van der Waals surface area contributed by atoms with E-state index in [0.29, 0.717) is 24.2 Å². The molecule has 0 unspecified atom stereocenters. The third kappa shape index (κ3) is 7.76. The van der Waals surface area contributed by atoms with Gasteiger partial charge in [0.1, 0.15) is 0 Å². The smallest absolute Gasteiger partial charge is 0.222 e. The lowest BCUT2D eigenvalue weighted by Crippen LogP contribution is -2.21. The van der Waals surface area contributed by atoms with E-state index in [-0.39, 0.29) is 17.9 Å². The van der Waals surface area contributed by atoms with E-state index in [9.17, 15) is 15.0 Å². The van der Waals surface area contributed by atoms with Gasteiger partial charge >= 0.3 is 0 Å². The summed E-state index contributed by atoms with van der Waals surface area (Å²) < 4.78 is 0. The van der Waals surface area contributed by atoms with Gasteiger partial charge in [-0.15, -0.1) is 0 Å². The molecule has 0 radical (unpaired) electrons. The molecule has 1 amide bonds. The molecule has 6 atom stereocenters. The number of amides is 1. The normalized spacial score (nSPS) is 28.4. The van der Waals surface area contributed by atoms with Gasteiger partial charge in [0.05, 0.1) is 12.2 Å². The molecular formula is C24H41NO3S. The Kier molecular flexibility index (Phi) is 10.3. The molecule has 2 aliphatic rings. The van der Waals surface area contributed by atoms with Crippen molar-refractivity contribution in [3.05, 3.63) is 23.8 Å². The van der Waals surface area contributed by atoms with Crippen LogP contribution >= 0.6 is 11.8 Å². The molecule has 0 spiro atoms. The minimum absolute atomic E-state index is 0.148. The maximum atomic E-state index is 11.7. The average Bonchev–Trinajstić information content (AvgIpc) is 3.17. The molecule has 29 heavy (non-hydrogen) atoms. The van der Waals surface area contributed by atoms with E-state index in [1.165, 1.54) is 24.8 Å². The molecule has 1 fully saturated rings. The highest BCUT2D eigenvalue weighted by Gasteiger charge is 2.43. The lowest BCUT2D eigenvalue weighted by atomic mass is 9.88. The number of fused-ring (bicyclic) bond motifs is 1. The van der Waals surface area contributed by atoms with Crippen molar-refractivity contribution in [1.29, 1.82) is 0 Å². The fourth-order valence-electron chi connectivity index (χ4n) is 4.72. The number of unbranched alkanes of at least 4 members (excludes halogenated alkanes) is 1. The van der Waals surface area contributed by atoms with Crippen LogP contribution in [0.15, 0.2) is 23.8 Å². The van der Waals surface area contributed by atoms with Gasteiger partial charge < -0.3 is 15.1 Å². The Morgan fingerprint density at radius 3 is 2.86 bits per heavy atom. The van der Waals surface area contributed by atoms with Gasteiger partial charge in [-0.25, -0.2) is 0 Å². The Morgan fingerprint density at radius 1 is 1.41 bits per heavy atom. The van der Waals surface area contributed by atoms with E-state index in [2.05, 4.69) is 26.0 Å². The van der Waals surface area contributed by atoms with Gasteiger partial charge in [-0.1, -0.05) is 56.9 Å². The number of hydrogen-bond acceptors (Lipinski definition) is 4. The maximum Gasteiger partial charge on any atom is 0.222 e. The molecule has 2 N–H and O–H groups in total. The summed E-state index contributed by atoms with van der Waals surface area (Å²) in [6.07, 6.45) is 12.5. The lowest BCUT2D eigenvalue weighted by Gasteiger charge is -2.19. The second-order valence-electron chi connectivity index (χ2n) is 9.26. The third-order valence-electron chi connectivity index (χ3n) is 6.45. The molecule has 0 saturated heterocycles. The molecule has 2 rings (SSSR count). The standard InChI is InChI=1S/C24H41NO3S/c1-5-6-7-17(2)12-20(26)8-9-21-22-14-18(13-19(22)15-23(21)27)16-29-11-10-24(28)25(3)4/h8-9,13,17,19-23,26-27H,5-7,10-12,14-16H2,1-4H3/b9-8+/t17-,19-,20+,21+,22-,23+/m0/s1. The second kappa shape index (κ2) is 12.2. The molecular weight excluding hydrogens is 382 g/mol. The number of rotatable bonds is 12. The topological polar surface area (TPSA) is 60.8 Å². The van der Waals surface area contributed by atoms with E-state index in [4.69, 9.17) is 0 Å². The van der Waals surface area contributed by atoms with Crippen LogP contribution in [0.3, 0.4) is 0 Å². The maximum absolute atomic E-state index is 11.7. The molecule has 4 nitrogen and oxygen atoms in total. The Bertz CT molecular complexity index is 574. The molecule has 0 aromatic carbocycles. The summed E-state index contributed by atoms with van der Waals surface area (Å²) in [7, 11) is 3.60. The van der Waals surface area contributed by atoms with E-state index >= 15 is 0 Å². The summed E-state index contributed by atoms with van der Waals surface area (Å²) in [6, 6.07) is 0. The predicted octanol–water partition coefficient (Wildman–Crippen LogP) is 4.27. The Hall–Kier alpha value is -0.780. The van der Waals surface area contributed by atoms with Crippen molar-refractivity contribution in [2.24, 2.45) is 23.7 Å². The fraction of sp³-hybridized carbons (Fsp3) is 0.792. The Morgan fingerprint density at radius 2 is 2.17 bits per heavy atom. The summed E-state index contributed by atoms with van der Waals surface area (Å²) in [5, 5.41) is 20.9. The quantitative estimate of drug-likeness (QED) is 0.363. The number of hydrogen-bond donors (Lipinski definition) is 2. The lowest BCUT2D eigenvalue weighted by molar-refractivity contribution is -0.128. The SMILES string of the molecule is CCCC[C@H](C)C[C@H](O)/C=C/[C@@H]1[C@H]2CC(CSCCC(=O)N(C)C)=C[C@H]2C[C@H]1O. The molecule has 0 aliphatic heterocycles. The van der Waals surface area contributed by atoms with Gasteiger partial charge in [0.25, 0.3) is 0 Å². The number of carbonyl (C=O) groups excluding carboxylic acids is 1. The zero-order valence-corrected chi connectivity index (χ0v) is 19.5. The Labute approximate surface area is 181 Å². The van der Waals surface area contributed by atoms with Gasteiger partial charge in [0.15, 0.2) is 0 Å². The minimum atomic E-state index is -0.410. The fourth-order valence-corrected chi connectivity index (χ4v) is 5.66. The summed E-state index contributed by atoms with van der Waals surface area (Å²) >= 11 is 1.83. The monoisotopic (exact) mass is 423 g/mol. The van der Waals surface area contributed by atoms with Crippen molar-refractivity contribution in [3.63, 3.8) is 0 Å². The third-order valence-corrected chi connectivity index (χ3v) is 7.51. The van der Waals surface area contributed by atoms with Crippen LogP contribution in [0.4, 0.5) is 0 Å². The number of nitrogens with zero attached hydrogens (tertiary/aromatic N) is 1. The highest BCUT2D eigenvalue weighted by Crippen LogP contribution is 2.47. The number of allylic oxidation sites excluding steroid dienone is 1. The highest BCUT2D eigenvalue weighted by atomic mass is 32.2. The molecule has 0 bridgehead atoms. The first-order valence-electron chi connectivity index (χ1n) is 11.3. The van der Waals surface area contributed by atoms with Crippen molar-refractivity contribution in [2.45, 2.75) is 71.0 Å². The Balaban J connectivity index is 1.77. The van der Waals surface area contributed by atoms with Crippen LogP contribution in [0.25, 0.3) is 0 Å². The molecule has 2 aliphatic carbocycles. The molecule has 166 valence electrons. The molecule has 0 heterocycles. The van der Waals surface area contributed by atoms with E-state index in [0.717, 1.165) is 30.8 Å². The van der Waals surface area contributed by atoms with Crippen molar-refractivity contribution in [1.82, 2.24) is 4.90 Å². The summed E-state index contributed by atoms with van der Waals surface area (Å²) in [5.74, 6) is 3.63. The number of aliphatic hydroxyl groups excluding tert-OH is 2. The zero-order valence-electron chi connectivity index (χ0n) is 18.7. The molecule has 0 aromatic heterocycles. The first-order valence-corrected chi connectivity index (χ1v) is 12.5. The van der Waals surface area contributed by atoms with Crippen LogP contribution in [-0.4, -0.2) is 58.8 Å². The summed E-state index contributed by atoms with van der Waals surface area (Å²) in [4.78, 5) is 13.3. The first-order chi connectivity index (χ1) is 13.8. The van der Waals surface area contributed by atoms with Crippen LogP contribution in [-0.2, 0) is 4.79 Å². The zero-order chi connectivity index (χ0) is 21.4. The summed E-state index contributed by atoms with van der Waals surface area (Å²) in [6.45, 7) is 4.41. The van der Waals surface area contributed by atoms with Crippen LogP contribution in [0.1, 0.15) is 58.8 Å². The van der Waals surface area contributed by atoms with E-state index in [1.807, 2.05) is 17.8 Å². The minimum Gasteiger partial charge on any atom is -0.392 e. The summed E-state index contributed by atoms with van der Waals surface area (Å²) in [5.41, 5.74) is 1.46. The van der Waals surface area contributed by atoms with Crippen LogP contribution < -0.4 is 0 Å².